The molecule has 0 radical (unpaired) electrons. The molecule has 0 heterocycles. The molecule has 0 aromatic rings. The van der Waals surface area contributed by atoms with Crippen molar-refractivity contribution in [2.75, 3.05) is 46.1 Å². The van der Waals surface area contributed by atoms with Gasteiger partial charge in [-0.15, -0.1) is 0 Å². The van der Waals surface area contributed by atoms with E-state index in [0.29, 0.717) is 24.3 Å². The molecule has 0 unspecified atom stereocenters. The summed E-state index contributed by atoms with van der Waals surface area (Å²) < 4.78 is 15.3. The van der Waals surface area contributed by atoms with Crippen LogP contribution in [-0.2, 0) is 23.8 Å². The lowest BCUT2D eigenvalue weighted by Gasteiger charge is -2.05. The molecule has 0 amide bonds. The quantitative estimate of drug-likeness (QED) is 0.0960. The van der Waals surface area contributed by atoms with Crippen molar-refractivity contribution in [2.24, 2.45) is 31.9 Å². The summed E-state index contributed by atoms with van der Waals surface area (Å²) in [6, 6.07) is 0. The Kier molecular flexibility index (Phi) is 14.5. The average molecular weight is 356 g/mol. The highest BCUT2D eigenvalue weighted by atomic mass is 16.5. The molecule has 25 heavy (non-hydrogen) atoms. The normalized spacial score (nSPS) is 12.8. The second kappa shape index (κ2) is 16.2. The zero-order valence-corrected chi connectivity index (χ0v) is 14.2. The fourth-order valence-electron chi connectivity index (χ4n) is 1.32. The minimum absolute atomic E-state index is 0.0427. The molecule has 0 aromatic heterocycles. The van der Waals surface area contributed by atoms with Crippen LogP contribution in [0, 0.1) is 0 Å². The van der Waals surface area contributed by atoms with Crippen LogP contribution in [0.1, 0.15) is 6.92 Å². The maximum atomic E-state index is 11.1. The van der Waals surface area contributed by atoms with Crippen molar-refractivity contribution in [1.82, 2.24) is 0 Å². The first-order chi connectivity index (χ1) is 12.2. The molecule has 0 fully saturated rings. The Labute approximate surface area is 145 Å². The Hall–Kier alpha value is -2.66. The average Bonchev–Trinajstić information content (AvgIpc) is 2.61. The Morgan fingerprint density at radius 1 is 1.00 bits per heavy atom. The minimum atomic E-state index is -0.432. The molecule has 0 bridgehead atoms. The highest BCUT2D eigenvalue weighted by molar-refractivity contribution is 6.31. The number of esters is 1. The van der Waals surface area contributed by atoms with E-state index in [2.05, 4.69) is 20.2 Å². The predicted octanol–water partition coefficient (Wildman–Crippen LogP) is -1.45. The van der Waals surface area contributed by atoms with Gasteiger partial charge in [-0.05, 0) is 6.92 Å². The summed E-state index contributed by atoms with van der Waals surface area (Å²) >= 11 is 0. The van der Waals surface area contributed by atoms with Crippen molar-refractivity contribution < 1.29 is 23.8 Å². The number of ether oxygens (including phenoxy) is 3. The van der Waals surface area contributed by atoms with Crippen molar-refractivity contribution in [3.05, 3.63) is 0 Å². The first-order valence-electron chi connectivity index (χ1n) is 7.45. The van der Waals surface area contributed by atoms with E-state index in [9.17, 15) is 9.59 Å². The van der Waals surface area contributed by atoms with Gasteiger partial charge in [-0.2, -0.15) is 10.2 Å². The van der Waals surface area contributed by atoms with E-state index in [-0.39, 0.29) is 39.5 Å². The van der Waals surface area contributed by atoms with Crippen LogP contribution in [0.2, 0.25) is 0 Å². The summed E-state index contributed by atoms with van der Waals surface area (Å²) in [6.07, 6.45) is 3.38. The summed E-state index contributed by atoms with van der Waals surface area (Å²) in [5.41, 5.74) is 0.770. The van der Waals surface area contributed by atoms with E-state index >= 15 is 0 Å². The van der Waals surface area contributed by atoms with Crippen LogP contribution in [0.25, 0.3) is 0 Å². The monoisotopic (exact) mass is 356 g/mol. The van der Waals surface area contributed by atoms with Gasteiger partial charge in [0.25, 0.3) is 0 Å². The molecule has 0 aliphatic carbocycles. The molecule has 0 saturated heterocycles. The second-order valence-corrected chi connectivity index (χ2v) is 4.28. The van der Waals surface area contributed by atoms with Crippen molar-refractivity contribution in [1.29, 1.82) is 0 Å². The van der Waals surface area contributed by atoms with Gasteiger partial charge in [0.15, 0.2) is 0 Å². The number of aldehydes is 1. The lowest BCUT2D eigenvalue weighted by Crippen LogP contribution is -2.18. The van der Waals surface area contributed by atoms with Crippen molar-refractivity contribution in [2.45, 2.75) is 6.92 Å². The molecule has 0 aliphatic rings. The number of hydrazone groups is 2. The molecule has 0 spiro atoms. The van der Waals surface area contributed by atoms with Crippen LogP contribution in [-0.4, -0.2) is 82.2 Å². The van der Waals surface area contributed by atoms with E-state index in [4.69, 9.17) is 25.9 Å². The third-order valence-electron chi connectivity index (χ3n) is 2.39. The molecule has 11 heteroatoms. The lowest BCUT2D eigenvalue weighted by molar-refractivity contribution is -0.141. The standard InChI is InChI=1S/C14H24N6O5/c1-2-25-14(22)9-18-8-13(20-16)11-24-6-5-23-10-12(19-15)7-17-3-4-21/h4,7-8H,2-3,5-6,9-11,15-16H2,1H3/b17-7?,18-8?,19-12+,20-13+. The number of nitrogens with two attached hydrogens (primary N) is 2. The molecule has 0 saturated carbocycles. The van der Waals surface area contributed by atoms with Crippen molar-refractivity contribution in [3.8, 4) is 0 Å². The van der Waals surface area contributed by atoms with Crippen molar-refractivity contribution >= 4 is 36.1 Å². The SMILES string of the molecule is CCOC(=O)CN=C/C(COCCOC/C(C=NCC=O)=N/N)=N\N. The molecular weight excluding hydrogens is 332 g/mol. The molecule has 4 N–H and O–H groups in total. The van der Waals surface area contributed by atoms with Gasteiger partial charge in [0.1, 0.15) is 24.3 Å². The number of carbonyl (C=O) groups excluding carboxylic acids is 2. The second-order valence-electron chi connectivity index (χ2n) is 4.28. The maximum Gasteiger partial charge on any atom is 0.327 e. The van der Waals surface area contributed by atoms with Crippen LogP contribution in [0.15, 0.2) is 20.2 Å². The fraction of sp³-hybridized carbons (Fsp3) is 0.571. The zero-order valence-electron chi connectivity index (χ0n) is 14.2. The van der Waals surface area contributed by atoms with Crippen LogP contribution in [0.5, 0.6) is 0 Å². The van der Waals surface area contributed by atoms with Gasteiger partial charge in [-0.1, -0.05) is 0 Å². The van der Waals surface area contributed by atoms with Gasteiger partial charge in [-0.25, -0.2) is 0 Å². The molecule has 0 rings (SSSR count). The first kappa shape index (κ1) is 22.3. The topological polar surface area (TPSA) is 163 Å². The van der Waals surface area contributed by atoms with Gasteiger partial charge < -0.3 is 30.7 Å². The lowest BCUT2D eigenvalue weighted by atomic mass is 10.4. The Balaban J connectivity index is 3.89. The molecule has 11 nitrogen and oxygen atoms in total. The number of carbonyl (C=O) groups is 2. The maximum absolute atomic E-state index is 11.1. The number of nitrogens with zero attached hydrogens (tertiary/aromatic N) is 4. The van der Waals surface area contributed by atoms with E-state index < -0.39 is 5.97 Å². The Bertz CT molecular complexity index is 504. The predicted molar refractivity (Wildman–Crippen MR) is 94.3 cm³/mol. The minimum Gasteiger partial charge on any atom is -0.465 e. The highest BCUT2D eigenvalue weighted by Crippen LogP contribution is 1.85. The third kappa shape index (κ3) is 13.5. The van der Waals surface area contributed by atoms with Crippen LogP contribution in [0.4, 0.5) is 0 Å². The van der Waals surface area contributed by atoms with Gasteiger partial charge in [-0.3, -0.25) is 14.8 Å². The van der Waals surface area contributed by atoms with Crippen molar-refractivity contribution in [3.63, 3.8) is 0 Å². The smallest absolute Gasteiger partial charge is 0.327 e. The fourth-order valence-corrected chi connectivity index (χ4v) is 1.32. The third-order valence-corrected chi connectivity index (χ3v) is 2.39. The highest BCUT2D eigenvalue weighted by Gasteiger charge is 2.01. The molecule has 0 atom stereocenters. The van der Waals surface area contributed by atoms with E-state index in [1.165, 1.54) is 12.4 Å². The largest absolute Gasteiger partial charge is 0.465 e. The van der Waals surface area contributed by atoms with Crippen LogP contribution < -0.4 is 11.7 Å². The summed E-state index contributed by atoms with van der Waals surface area (Å²) in [7, 11) is 0. The zero-order chi connectivity index (χ0) is 18.8. The summed E-state index contributed by atoms with van der Waals surface area (Å²) in [4.78, 5) is 28.9. The summed E-state index contributed by atoms with van der Waals surface area (Å²) in [6.45, 7) is 2.75. The Morgan fingerprint density at radius 2 is 1.56 bits per heavy atom. The number of rotatable bonds is 14. The number of hydrogen-bond donors (Lipinski definition) is 2. The van der Waals surface area contributed by atoms with Gasteiger partial charge >= 0.3 is 5.97 Å². The van der Waals surface area contributed by atoms with E-state index in [1.54, 1.807) is 6.92 Å². The van der Waals surface area contributed by atoms with Crippen LogP contribution >= 0.6 is 0 Å². The van der Waals surface area contributed by atoms with Gasteiger partial charge in [0.2, 0.25) is 0 Å². The summed E-state index contributed by atoms with van der Waals surface area (Å²) in [5.74, 6) is 9.93. The number of aliphatic imine (C=N–C) groups is 2. The molecule has 140 valence electrons. The number of hydrogen-bond acceptors (Lipinski definition) is 11. The van der Waals surface area contributed by atoms with Crippen LogP contribution in [0.3, 0.4) is 0 Å². The summed E-state index contributed by atoms with van der Waals surface area (Å²) in [5, 5.41) is 6.97. The van der Waals surface area contributed by atoms with Gasteiger partial charge in [0.05, 0.1) is 39.6 Å². The molecule has 0 aromatic carbocycles. The first-order valence-corrected chi connectivity index (χ1v) is 7.45. The molecular formula is C14H24N6O5. The van der Waals surface area contributed by atoms with E-state index in [0.717, 1.165) is 0 Å². The Morgan fingerprint density at radius 3 is 2.04 bits per heavy atom. The van der Waals surface area contributed by atoms with E-state index in [1.807, 2.05) is 0 Å². The molecule has 0 aliphatic heterocycles. The van der Waals surface area contributed by atoms with Gasteiger partial charge in [0, 0.05) is 12.4 Å².